The van der Waals surface area contributed by atoms with Gasteiger partial charge in [-0.3, -0.25) is 0 Å². The van der Waals surface area contributed by atoms with Crippen LogP contribution in [0.25, 0.3) is 0 Å². The molecule has 1 nitrogen and oxygen atoms in total. The third-order valence-corrected chi connectivity index (χ3v) is 3.67. The smallest absolute Gasteiger partial charge is 0.0208 e. The van der Waals surface area contributed by atoms with Crippen LogP contribution in [-0.2, 0) is 13.0 Å². The fourth-order valence-corrected chi connectivity index (χ4v) is 2.71. The average molecular weight is 217 g/mol. The zero-order chi connectivity index (χ0) is 11.2. The highest BCUT2D eigenvalue weighted by Crippen LogP contribution is 2.28. The van der Waals surface area contributed by atoms with Crippen molar-refractivity contribution in [2.75, 3.05) is 6.54 Å². The van der Waals surface area contributed by atoms with Gasteiger partial charge in [0.15, 0.2) is 0 Å². The van der Waals surface area contributed by atoms with Crippen LogP contribution in [-0.4, -0.2) is 6.54 Å². The van der Waals surface area contributed by atoms with Gasteiger partial charge in [-0.25, -0.2) is 0 Å². The summed E-state index contributed by atoms with van der Waals surface area (Å²) in [5, 5.41) is 3.43. The van der Waals surface area contributed by atoms with E-state index in [2.05, 4.69) is 36.5 Å². The first-order valence-corrected chi connectivity index (χ1v) is 6.67. The molecule has 0 spiro atoms. The van der Waals surface area contributed by atoms with Crippen molar-refractivity contribution in [2.45, 2.75) is 45.6 Å². The molecule has 1 N–H and O–H groups in total. The van der Waals surface area contributed by atoms with Gasteiger partial charge in [-0.1, -0.05) is 56.9 Å². The summed E-state index contributed by atoms with van der Waals surface area (Å²) in [4.78, 5) is 0. The topological polar surface area (TPSA) is 12.0 Å². The molecule has 1 aromatic carbocycles. The van der Waals surface area contributed by atoms with Crippen LogP contribution in [0.1, 0.15) is 43.7 Å². The highest BCUT2D eigenvalue weighted by Gasteiger charge is 2.16. The lowest BCUT2D eigenvalue weighted by Gasteiger charge is -2.13. The van der Waals surface area contributed by atoms with Crippen molar-refractivity contribution in [1.29, 1.82) is 0 Å². The van der Waals surface area contributed by atoms with Crippen LogP contribution < -0.4 is 5.32 Å². The highest BCUT2D eigenvalue weighted by molar-refractivity contribution is 5.27. The second-order valence-corrected chi connectivity index (χ2v) is 4.90. The number of hydrogen-bond acceptors (Lipinski definition) is 1. The molecule has 16 heavy (non-hydrogen) atoms. The molecule has 1 aliphatic rings. The van der Waals surface area contributed by atoms with E-state index < -0.39 is 0 Å². The Balaban J connectivity index is 2.00. The molecule has 0 unspecified atom stereocenters. The van der Waals surface area contributed by atoms with Gasteiger partial charge in [0.05, 0.1) is 0 Å². The van der Waals surface area contributed by atoms with E-state index in [0.717, 1.165) is 19.0 Å². The zero-order valence-electron chi connectivity index (χ0n) is 10.3. The summed E-state index contributed by atoms with van der Waals surface area (Å²) in [6, 6.07) is 8.92. The second kappa shape index (κ2) is 6.05. The molecule has 88 valence electrons. The molecule has 0 amide bonds. The van der Waals surface area contributed by atoms with Crippen molar-refractivity contribution in [1.82, 2.24) is 5.32 Å². The first-order valence-electron chi connectivity index (χ1n) is 6.67. The van der Waals surface area contributed by atoms with Crippen LogP contribution in [0.4, 0.5) is 0 Å². The van der Waals surface area contributed by atoms with Crippen molar-refractivity contribution in [2.24, 2.45) is 5.92 Å². The number of hydrogen-bond donors (Lipinski definition) is 1. The summed E-state index contributed by atoms with van der Waals surface area (Å²) < 4.78 is 0. The van der Waals surface area contributed by atoms with Crippen molar-refractivity contribution < 1.29 is 0 Å². The lowest BCUT2D eigenvalue weighted by molar-refractivity contribution is 0.542. The van der Waals surface area contributed by atoms with Gasteiger partial charge in [0.1, 0.15) is 0 Å². The molecule has 0 heterocycles. The summed E-state index contributed by atoms with van der Waals surface area (Å²) in [6.07, 6.45) is 7.06. The lowest BCUT2D eigenvalue weighted by atomic mass is 9.94. The number of rotatable bonds is 5. The monoisotopic (exact) mass is 217 g/mol. The number of benzene rings is 1. The summed E-state index contributed by atoms with van der Waals surface area (Å²) in [5.74, 6) is 0.947. The fraction of sp³-hybridized carbons (Fsp3) is 0.600. The Kier molecular flexibility index (Phi) is 4.41. The van der Waals surface area contributed by atoms with Gasteiger partial charge in [0, 0.05) is 6.54 Å². The molecule has 0 radical (unpaired) electrons. The predicted molar refractivity (Wildman–Crippen MR) is 69.5 cm³/mol. The van der Waals surface area contributed by atoms with Crippen LogP contribution in [0.15, 0.2) is 24.3 Å². The van der Waals surface area contributed by atoms with Gasteiger partial charge in [-0.15, -0.1) is 0 Å². The molecule has 1 aromatic rings. The van der Waals surface area contributed by atoms with E-state index in [0.29, 0.717) is 0 Å². The standard InChI is InChI=1S/C15H23N/c1-2-16-12-15-10-6-5-9-14(15)11-13-7-3-4-8-13/h5-6,9-10,13,16H,2-4,7-8,11-12H2,1H3. The Morgan fingerprint density at radius 2 is 1.81 bits per heavy atom. The molecule has 1 fully saturated rings. The maximum atomic E-state index is 3.43. The van der Waals surface area contributed by atoms with Crippen LogP contribution in [0, 0.1) is 5.92 Å². The van der Waals surface area contributed by atoms with Gasteiger partial charge < -0.3 is 5.32 Å². The maximum absolute atomic E-state index is 3.43. The number of nitrogens with one attached hydrogen (secondary N) is 1. The molecule has 1 aliphatic carbocycles. The minimum Gasteiger partial charge on any atom is -0.313 e. The summed E-state index contributed by atoms with van der Waals surface area (Å²) in [6.45, 7) is 4.25. The van der Waals surface area contributed by atoms with E-state index in [9.17, 15) is 0 Å². The Bertz CT molecular complexity index is 313. The Morgan fingerprint density at radius 3 is 2.50 bits per heavy atom. The Labute approximate surface area is 99.3 Å². The third-order valence-electron chi connectivity index (χ3n) is 3.67. The van der Waals surface area contributed by atoms with Crippen molar-refractivity contribution in [3.05, 3.63) is 35.4 Å². The summed E-state index contributed by atoms with van der Waals surface area (Å²) >= 11 is 0. The van der Waals surface area contributed by atoms with Crippen molar-refractivity contribution in [3.63, 3.8) is 0 Å². The van der Waals surface area contributed by atoms with Crippen molar-refractivity contribution >= 4 is 0 Å². The van der Waals surface area contributed by atoms with E-state index in [1.54, 1.807) is 5.56 Å². The van der Waals surface area contributed by atoms with Crippen molar-refractivity contribution in [3.8, 4) is 0 Å². The largest absolute Gasteiger partial charge is 0.313 e. The van der Waals surface area contributed by atoms with Crippen LogP contribution in [0.3, 0.4) is 0 Å². The predicted octanol–water partition coefficient (Wildman–Crippen LogP) is 3.53. The minimum absolute atomic E-state index is 0.947. The molecular weight excluding hydrogens is 194 g/mol. The van der Waals surface area contributed by atoms with E-state index in [1.165, 1.54) is 37.7 Å². The Hall–Kier alpha value is -0.820. The molecule has 1 saturated carbocycles. The van der Waals surface area contributed by atoms with Gasteiger partial charge in [-0.2, -0.15) is 0 Å². The van der Waals surface area contributed by atoms with Gasteiger partial charge >= 0.3 is 0 Å². The fourth-order valence-electron chi connectivity index (χ4n) is 2.71. The molecule has 2 rings (SSSR count). The van der Waals surface area contributed by atoms with E-state index in [-0.39, 0.29) is 0 Å². The maximum Gasteiger partial charge on any atom is 0.0208 e. The van der Waals surface area contributed by atoms with Gasteiger partial charge in [-0.05, 0) is 30.0 Å². The molecule has 0 aromatic heterocycles. The molecule has 0 aliphatic heterocycles. The third kappa shape index (κ3) is 3.08. The Morgan fingerprint density at radius 1 is 1.12 bits per heavy atom. The normalized spacial score (nSPS) is 16.8. The zero-order valence-corrected chi connectivity index (χ0v) is 10.3. The van der Waals surface area contributed by atoms with Crippen LogP contribution in [0.5, 0.6) is 0 Å². The molecule has 0 atom stereocenters. The minimum atomic E-state index is 0.947. The van der Waals surface area contributed by atoms with E-state index in [4.69, 9.17) is 0 Å². The van der Waals surface area contributed by atoms with Crippen LogP contribution >= 0.6 is 0 Å². The second-order valence-electron chi connectivity index (χ2n) is 4.90. The van der Waals surface area contributed by atoms with E-state index in [1.807, 2.05) is 0 Å². The quantitative estimate of drug-likeness (QED) is 0.795. The van der Waals surface area contributed by atoms with E-state index >= 15 is 0 Å². The highest BCUT2D eigenvalue weighted by atomic mass is 14.8. The lowest BCUT2D eigenvalue weighted by Crippen LogP contribution is -2.14. The first kappa shape index (κ1) is 11.7. The van der Waals surface area contributed by atoms with Crippen LogP contribution in [0.2, 0.25) is 0 Å². The molecule has 0 bridgehead atoms. The van der Waals surface area contributed by atoms with Gasteiger partial charge in [0.25, 0.3) is 0 Å². The average Bonchev–Trinajstić information content (AvgIpc) is 2.81. The molecule has 0 saturated heterocycles. The van der Waals surface area contributed by atoms with Gasteiger partial charge in [0.2, 0.25) is 0 Å². The SMILES string of the molecule is CCNCc1ccccc1CC1CCCC1. The molecule has 1 heteroatoms. The summed E-state index contributed by atoms with van der Waals surface area (Å²) in [5.41, 5.74) is 3.06. The summed E-state index contributed by atoms with van der Waals surface area (Å²) in [7, 11) is 0. The molecular formula is C15H23N. The first-order chi connectivity index (χ1) is 7.90.